The lowest BCUT2D eigenvalue weighted by Gasteiger charge is -2.21. The molecule has 5 N–H and O–H groups in total. The largest absolute Gasteiger partial charge is 0.477 e. The van der Waals surface area contributed by atoms with Crippen molar-refractivity contribution in [3.05, 3.63) is 39.9 Å². The van der Waals surface area contributed by atoms with Crippen LogP contribution in [-0.2, 0) is 0 Å². The second kappa shape index (κ2) is 5.53. The molecule has 2 fully saturated rings. The second-order valence-electron chi connectivity index (χ2n) is 6.87. The number of pyridine rings is 1. The molecule has 1 aliphatic heterocycles. The summed E-state index contributed by atoms with van der Waals surface area (Å²) < 4.78 is 16.4. The number of carboxylic acids is 1. The van der Waals surface area contributed by atoms with Gasteiger partial charge in [-0.15, -0.1) is 0 Å². The van der Waals surface area contributed by atoms with Crippen molar-refractivity contribution in [2.45, 2.75) is 31.0 Å². The third kappa shape index (κ3) is 2.58. The van der Waals surface area contributed by atoms with E-state index in [2.05, 4.69) is 0 Å². The molecular weight excluding hydrogens is 327 g/mol. The molecule has 8 heteroatoms. The average Bonchev–Trinajstić information content (AvgIpc) is 3.33. The highest BCUT2D eigenvalue weighted by Gasteiger charge is 2.31. The minimum absolute atomic E-state index is 0.0841. The van der Waals surface area contributed by atoms with Gasteiger partial charge >= 0.3 is 5.97 Å². The Kier molecular flexibility index (Phi) is 3.55. The Balaban J connectivity index is 1.93. The molecule has 0 bridgehead atoms. The number of carboxylic acid groups (broad SMARTS) is 1. The minimum atomic E-state index is -1.30. The van der Waals surface area contributed by atoms with Crippen LogP contribution in [0.15, 0.2) is 23.1 Å². The summed E-state index contributed by atoms with van der Waals surface area (Å²) in [5.41, 5.74) is 11.7. The number of carbonyl (C=O) groups is 1. The Hall–Kier alpha value is -2.45. The monoisotopic (exact) mass is 346 g/mol. The standard InChI is InChI=1S/C17H19FN4O3/c18-11-3-9-14(4-15(11)21-6-12(19)13(20)7-21)22(8-1-2-8)5-10(16(9)23)17(24)25/h3-5,8,12-13H,1-2,6-7,19-20H2,(H,24,25)/t12-,13-/m1/s1. The summed E-state index contributed by atoms with van der Waals surface area (Å²) in [5, 5.41) is 9.35. The van der Waals surface area contributed by atoms with Crippen molar-refractivity contribution in [2.24, 2.45) is 11.5 Å². The van der Waals surface area contributed by atoms with Crippen molar-refractivity contribution in [3.63, 3.8) is 0 Å². The van der Waals surface area contributed by atoms with Crippen LogP contribution >= 0.6 is 0 Å². The van der Waals surface area contributed by atoms with E-state index in [1.54, 1.807) is 15.5 Å². The van der Waals surface area contributed by atoms with Crippen molar-refractivity contribution in [2.75, 3.05) is 18.0 Å². The molecule has 0 radical (unpaired) electrons. The Morgan fingerprint density at radius 1 is 1.20 bits per heavy atom. The van der Waals surface area contributed by atoms with Crippen molar-refractivity contribution in [1.29, 1.82) is 0 Å². The smallest absolute Gasteiger partial charge is 0.341 e. The number of halogens is 1. The number of fused-ring (bicyclic) bond motifs is 1. The van der Waals surface area contributed by atoms with Gasteiger partial charge in [0.1, 0.15) is 11.4 Å². The fraction of sp³-hybridized carbons (Fsp3) is 0.412. The molecule has 132 valence electrons. The molecule has 4 rings (SSSR count). The lowest BCUT2D eigenvalue weighted by molar-refractivity contribution is 0.0695. The number of aromatic nitrogens is 1. The summed E-state index contributed by atoms with van der Waals surface area (Å²) in [4.78, 5) is 25.6. The third-order valence-corrected chi connectivity index (χ3v) is 5.02. The molecular formula is C17H19FN4O3. The summed E-state index contributed by atoms with van der Waals surface area (Å²) >= 11 is 0. The van der Waals surface area contributed by atoms with Gasteiger partial charge in [-0.3, -0.25) is 4.79 Å². The second-order valence-corrected chi connectivity index (χ2v) is 6.87. The van der Waals surface area contributed by atoms with E-state index < -0.39 is 17.2 Å². The molecule has 2 aliphatic rings. The van der Waals surface area contributed by atoms with Crippen molar-refractivity contribution in [3.8, 4) is 0 Å². The topological polar surface area (TPSA) is 115 Å². The van der Waals surface area contributed by atoms with Crippen LogP contribution in [0.5, 0.6) is 0 Å². The van der Waals surface area contributed by atoms with E-state index in [1.807, 2.05) is 0 Å². The first-order chi connectivity index (χ1) is 11.9. The van der Waals surface area contributed by atoms with E-state index in [-0.39, 0.29) is 29.1 Å². The van der Waals surface area contributed by atoms with Gasteiger partial charge in [0.05, 0.1) is 11.2 Å². The highest BCUT2D eigenvalue weighted by atomic mass is 19.1. The first-order valence-corrected chi connectivity index (χ1v) is 8.24. The normalized spacial score (nSPS) is 23.4. The van der Waals surface area contributed by atoms with Crippen LogP contribution in [0.3, 0.4) is 0 Å². The molecule has 0 spiro atoms. The Bertz CT molecular complexity index is 928. The Morgan fingerprint density at radius 3 is 2.40 bits per heavy atom. The van der Waals surface area contributed by atoms with Gasteiger partial charge in [-0.2, -0.15) is 0 Å². The van der Waals surface area contributed by atoms with Gasteiger partial charge in [-0.25, -0.2) is 9.18 Å². The number of hydrogen-bond acceptors (Lipinski definition) is 5. The van der Waals surface area contributed by atoms with Gasteiger partial charge in [0.25, 0.3) is 0 Å². The molecule has 1 aromatic carbocycles. The lowest BCUT2D eigenvalue weighted by atomic mass is 10.1. The Morgan fingerprint density at radius 2 is 1.84 bits per heavy atom. The van der Waals surface area contributed by atoms with Gasteiger partial charge in [-0.1, -0.05) is 0 Å². The minimum Gasteiger partial charge on any atom is -0.477 e. The van der Waals surface area contributed by atoms with Crippen LogP contribution < -0.4 is 21.8 Å². The summed E-state index contributed by atoms with van der Waals surface area (Å²) in [7, 11) is 0. The predicted molar refractivity (Wildman–Crippen MR) is 91.6 cm³/mol. The highest BCUT2D eigenvalue weighted by molar-refractivity contribution is 5.93. The zero-order chi connectivity index (χ0) is 17.9. The lowest BCUT2D eigenvalue weighted by Crippen LogP contribution is -2.39. The zero-order valence-electron chi connectivity index (χ0n) is 13.5. The maximum atomic E-state index is 14.7. The van der Waals surface area contributed by atoms with Gasteiger partial charge in [-0.05, 0) is 25.0 Å². The maximum absolute atomic E-state index is 14.7. The molecule has 25 heavy (non-hydrogen) atoms. The van der Waals surface area contributed by atoms with Gasteiger partial charge in [0.2, 0.25) is 5.43 Å². The van der Waals surface area contributed by atoms with Crippen molar-refractivity contribution >= 4 is 22.6 Å². The number of rotatable bonds is 3. The highest BCUT2D eigenvalue weighted by Crippen LogP contribution is 2.38. The van der Waals surface area contributed by atoms with Crippen LogP contribution in [0.1, 0.15) is 29.2 Å². The van der Waals surface area contributed by atoms with Gasteiger partial charge in [0.15, 0.2) is 0 Å². The molecule has 1 saturated carbocycles. The van der Waals surface area contributed by atoms with Crippen LogP contribution in [0, 0.1) is 5.82 Å². The van der Waals surface area contributed by atoms with Crippen LogP contribution in [0.4, 0.5) is 10.1 Å². The van der Waals surface area contributed by atoms with E-state index in [0.29, 0.717) is 24.3 Å². The molecule has 0 unspecified atom stereocenters. The number of anilines is 1. The molecule has 2 aromatic rings. The third-order valence-electron chi connectivity index (χ3n) is 5.02. The number of nitrogens with zero attached hydrogens (tertiary/aromatic N) is 2. The van der Waals surface area contributed by atoms with Crippen molar-refractivity contribution < 1.29 is 14.3 Å². The molecule has 2 heterocycles. The number of nitrogens with two attached hydrogens (primary N) is 2. The van der Waals surface area contributed by atoms with E-state index in [1.165, 1.54) is 6.20 Å². The average molecular weight is 346 g/mol. The summed E-state index contributed by atoms with van der Waals surface area (Å²) in [5.74, 6) is -1.88. The Labute approximate surface area is 142 Å². The van der Waals surface area contributed by atoms with E-state index >= 15 is 0 Å². The molecule has 1 saturated heterocycles. The zero-order valence-corrected chi connectivity index (χ0v) is 13.5. The van der Waals surface area contributed by atoms with Gasteiger partial charge < -0.3 is 26.0 Å². The summed E-state index contributed by atoms with van der Waals surface area (Å²) in [6, 6.07) is 2.40. The fourth-order valence-electron chi connectivity index (χ4n) is 3.46. The SMILES string of the molecule is N[C@@H]1CN(c2cc3c(cc2F)c(=O)c(C(=O)O)cn3C2CC2)C[C@H]1N. The number of benzene rings is 1. The quantitative estimate of drug-likeness (QED) is 0.752. The van der Waals surface area contributed by atoms with Crippen LogP contribution in [0.2, 0.25) is 0 Å². The molecule has 0 amide bonds. The van der Waals surface area contributed by atoms with Crippen LogP contribution in [0.25, 0.3) is 10.9 Å². The summed E-state index contributed by atoms with van der Waals surface area (Å²) in [6.45, 7) is 0.870. The fourth-order valence-corrected chi connectivity index (χ4v) is 3.46. The number of aromatic carboxylic acids is 1. The van der Waals surface area contributed by atoms with Gasteiger partial charge in [0, 0.05) is 42.8 Å². The molecule has 2 atom stereocenters. The maximum Gasteiger partial charge on any atom is 0.341 e. The first-order valence-electron chi connectivity index (χ1n) is 8.24. The van der Waals surface area contributed by atoms with E-state index in [0.717, 1.165) is 18.9 Å². The molecule has 7 nitrogen and oxygen atoms in total. The molecule has 1 aliphatic carbocycles. The van der Waals surface area contributed by atoms with E-state index in [4.69, 9.17) is 11.5 Å². The van der Waals surface area contributed by atoms with Crippen LogP contribution in [-0.4, -0.2) is 40.8 Å². The van der Waals surface area contributed by atoms with E-state index in [9.17, 15) is 19.1 Å². The predicted octanol–water partition coefficient (Wildman–Crippen LogP) is 0.648. The number of hydrogen-bond donors (Lipinski definition) is 3. The first kappa shape index (κ1) is 16.0. The summed E-state index contributed by atoms with van der Waals surface area (Å²) in [6.07, 6.45) is 3.18. The molecule has 1 aromatic heterocycles. The van der Waals surface area contributed by atoms with Crippen molar-refractivity contribution in [1.82, 2.24) is 4.57 Å².